The molecule has 1 saturated heterocycles. The molecule has 1 amide bonds. The molecule has 0 atom stereocenters. The van der Waals surface area contributed by atoms with Crippen molar-refractivity contribution in [2.75, 3.05) is 13.1 Å². The van der Waals surface area contributed by atoms with E-state index in [0.717, 1.165) is 47.6 Å². The number of imidazole rings is 1. The fourth-order valence-electron chi connectivity index (χ4n) is 2.94. The molecule has 2 aromatic carbocycles. The molecular formula is C18H17N3O. The largest absolute Gasteiger partial charge is 0.339 e. The van der Waals surface area contributed by atoms with Crippen molar-refractivity contribution in [1.29, 1.82) is 0 Å². The van der Waals surface area contributed by atoms with E-state index in [1.54, 1.807) is 0 Å². The number of carbonyl (C=O) groups is 1. The van der Waals surface area contributed by atoms with Crippen LogP contribution < -0.4 is 0 Å². The second-order valence-electron chi connectivity index (χ2n) is 5.68. The highest BCUT2D eigenvalue weighted by Crippen LogP contribution is 2.23. The first kappa shape index (κ1) is 13.1. The molecule has 22 heavy (non-hydrogen) atoms. The molecule has 0 radical (unpaired) electrons. The standard InChI is InChI=1S/C18H17N3O/c1-13-19-16-12-14(18(22)20-10-5-11-20)8-9-17(16)21(13)15-6-3-2-4-7-15/h2-4,6-9,12H,5,10-11H2,1H3. The summed E-state index contributed by atoms with van der Waals surface area (Å²) in [6.07, 6.45) is 1.11. The maximum Gasteiger partial charge on any atom is 0.253 e. The number of aryl methyl sites for hydroxylation is 1. The molecule has 0 unspecified atom stereocenters. The van der Waals surface area contributed by atoms with Crippen LogP contribution >= 0.6 is 0 Å². The van der Waals surface area contributed by atoms with Crippen LogP contribution in [0.1, 0.15) is 22.6 Å². The van der Waals surface area contributed by atoms with E-state index in [-0.39, 0.29) is 5.91 Å². The lowest BCUT2D eigenvalue weighted by molar-refractivity contribution is 0.0652. The lowest BCUT2D eigenvalue weighted by atomic mass is 10.1. The van der Waals surface area contributed by atoms with Crippen LogP contribution in [0.2, 0.25) is 0 Å². The van der Waals surface area contributed by atoms with Gasteiger partial charge < -0.3 is 4.90 Å². The Morgan fingerprint density at radius 2 is 1.86 bits per heavy atom. The number of likely N-dealkylation sites (tertiary alicyclic amines) is 1. The molecule has 1 aromatic heterocycles. The summed E-state index contributed by atoms with van der Waals surface area (Å²) >= 11 is 0. The molecule has 0 aliphatic carbocycles. The van der Waals surface area contributed by atoms with E-state index >= 15 is 0 Å². The quantitative estimate of drug-likeness (QED) is 0.727. The zero-order valence-corrected chi connectivity index (χ0v) is 12.5. The summed E-state index contributed by atoms with van der Waals surface area (Å²) < 4.78 is 2.12. The van der Waals surface area contributed by atoms with Gasteiger partial charge in [0.2, 0.25) is 0 Å². The Hall–Kier alpha value is -2.62. The molecule has 4 heteroatoms. The van der Waals surface area contributed by atoms with Gasteiger partial charge in [0.05, 0.1) is 11.0 Å². The number of rotatable bonds is 2. The Morgan fingerprint density at radius 1 is 1.09 bits per heavy atom. The van der Waals surface area contributed by atoms with Crippen molar-refractivity contribution in [3.8, 4) is 5.69 Å². The fraction of sp³-hybridized carbons (Fsp3) is 0.222. The second kappa shape index (κ2) is 4.98. The summed E-state index contributed by atoms with van der Waals surface area (Å²) in [5.41, 5.74) is 3.71. The third-order valence-electron chi connectivity index (χ3n) is 4.23. The smallest absolute Gasteiger partial charge is 0.253 e. The number of carbonyl (C=O) groups excluding carboxylic acids is 1. The number of nitrogens with zero attached hydrogens (tertiary/aromatic N) is 3. The van der Waals surface area contributed by atoms with Crippen molar-refractivity contribution in [2.45, 2.75) is 13.3 Å². The van der Waals surface area contributed by atoms with E-state index in [4.69, 9.17) is 0 Å². The maximum absolute atomic E-state index is 12.3. The van der Waals surface area contributed by atoms with Crippen LogP contribution in [-0.4, -0.2) is 33.4 Å². The van der Waals surface area contributed by atoms with Crippen molar-refractivity contribution in [3.05, 3.63) is 59.9 Å². The second-order valence-corrected chi connectivity index (χ2v) is 5.68. The normalized spacial score (nSPS) is 14.1. The predicted molar refractivity (Wildman–Crippen MR) is 86.3 cm³/mol. The number of hydrogen-bond donors (Lipinski definition) is 0. The van der Waals surface area contributed by atoms with Gasteiger partial charge in [-0.15, -0.1) is 0 Å². The molecule has 110 valence electrons. The first-order valence-corrected chi connectivity index (χ1v) is 7.58. The Balaban J connectivity index is 1.81. The summed E-state index contributed by atoms with van der Waals surface area (Å²) in [4.78, 5) is 18.8. The molecule has 0 spiro atoms. The predicted octanol–water partition coefficient (Wildman–Crippen LogP) is 3.18. The first-order chi connectivity index (χ1) is 10.7. The Bertz CT molecular complexity index is 847. The molecule has 4 nitrogen and oxygen atoms in total. The minimum absolute atomic E-state index is 0.111. The summed E-state index contributed by atoms with van der Waals surface area (Å²) in [7, 11) is 0. The molecular weight excluding hydrogens is 274 g/mol. The molecule has 1 aliphatic heterocycles. The van der Waals surface area contributed by atoms with Crippen molar-refractivity contribution >= 4 is 16.9 Å². The van der Waals surface area contributed by atoms with Gasteiger partial charge in [-0.2, -0.15) is 0 Å². The Labute approximate surface area is 129 Å². The number of fused-ring (bicyclic) bond motifs is 1. The SMILES string of the molecule is Cc1nc2cc(C(=O)N3CCC3)ccc2n1-c1ccccc1. The summed E-state index contributed by atoms with van der Waals surface area (Å²) in [5.74, 6) is 1.04. The summed E-state index contributed by atoms with van der Waals surface area (Å²) in [6.45, 7) is 3.73. The number of para-hydroxylation sites is 1. The van der Waals surface area contributed by atoms with E-state index < -0.39 is 0 Å². The Morgan fingerprint density at radius 3 is 2.55 bits per heavy atom. The molecule has 0 saturated carbocycles. The molecule has 1 fully saturated rings. The zero-order chi connectivity index (χ0) is 15.1. The number of amides is 1. The molecule has 0 N–H and O–H groups in total. The van der Waals surface area contributed by atoms with Crippen LogP contribution in [0.15, 0.2) is 48.5 Å². The van der Waals surface area contributed by atoms with Crippen LogP contribution in [0, 0.1) is 6.92 Å². The van der Waals surface area contributed by atoms with Gasteiger partial charge >= 0.3 is 0 Å². The van der Waals surface area contributed by atoms with Gasteiger partial charge in [0.1, 0.15) is 5.82 Å². The molecule has 2 heterocycles. The van der Waals surface area contributed by atoms with Gasteiger partial charge in [0, 0.05) is 24.3 Å². The molecule has 3 aromatic rings. The van der Waals surface area contributed by atoms with Gasteiger partial charge in [0.25, 0.3) is 5.91 Å². The molecule has 4 rings (SSSR count). The highest BCUT2D eigenvalue weighted by molar-refractivity contribution is 5.98. The molecule has 0 bridgehead atoms. The highest BCUT2D eigenvalue weighted by atomic mass is 16.2. The van der Waals surface area contributed by atoms with Gasteiger partial charge in [-0.05, 0) is 43.7 Å². The average Bonchev–Trinajstić information content (AvgIpc) is 2.81. The highest BCUT2D eigenvalue weighted by Gasteiger charge is 2.22. The zero-order valence-electron chi connectivity index (χ0n) is 12.5. The van der Waals surface area contributed by atoms with Crippen LogP contribution in [0.3, 0.4) is 0 Å². The number of benzene rings is 2. The minimum Gasteiger partial charge on any atom is -0.339 e. The summed E-state index contributed by atoms with van der Waals surface area (Å²) in [5, 5.41) is 0. The first-order valence-electron chi connectivity index (χ1n) is 7.58. The van der Waals surface area contributed by atoms with Crippen molar-refractivity contribution in [2.24, 2.45) is 0 Å². The lowest BCUT2D eigenvalue weighted by Gasteiger charge is -2.30. The third kappa shape index (κ3) is 1.99. The number of aromatic nitrogens is 2. The van der Waals surface area contributed by atoms with Gasteiger partial charge in [-0.25, -0.2) is 4.98 Å². The average molecular weight is 291 g/mol. The van der Waals surface area contributed by atoms with Crippen LogP contribution in [-0.2, 0) is 0 Å². The van der Waals surface area contributed by atoms with E-state index in [1.165, 1.54) is 0 Å². The van der Waals surface area contributed by atoms with Crippen molar-refractivity contribution in [3.63, 3.8) is 0 Å². The van der Waals surface area contributed by atoms with Crippen molar-refractivity contribution < 1.29 is 4.79 Å². The third-order valence-corrected chi connectivity index (χ3v) is 4.23. The van der Waals surface area contributed by atoms with Crippen molar-refractivity contribution in [1.82, 2.24) is 14.5 Å². The van der Waals surface area contributed by atoms with E-state index in [9.17, 15) is 4.79 Å². The monoisotopic (exact) mass is 291 g/mol. The minimum atomic E-state index is 0.111. The lowest BCUT2D eigenvalue weighted by Crippen LogP contribution is -2.41. The van der Waals surface area contributed by atoms with Crippen LogP contribution in [0.4, 0.5) is 0 Å². The Kier molecular flexibility index (Phi) is 2.96. The van der Waals surface area contributed by atoms with Crippen LogP contribution in [0.5, 0.6) is 0 Å². The molecule has 1 aliphatic rings. The van der Waals surface area contributed by atoms with E-state index in [0.29, 0.717) is 0 Å². The van der Waals surface area contributed by atoms with Gasteiger partial charge in [0.15, 0.2) is 0 Å². The fourth-order valence-corrected chi connectivity index (χ4v) is 2.94. The van der Waals surface area contributed by atoms with Gasteiger partial charge in [-0.1, -0.05) is 18.2 Å². The maximum atomic E-state index is 12.3. The number of hydrogen-bond acceptors (Lipinski definition) is 2. The van der Waals surface area contributed by atoms with Gasteiger partial charge in [-0.3, -0.25) is 9.36 Å². The van der Waals surface area contributed by atoms with E-state index in [1.807, 2.05) is 48.2 Å². The van der Waals surface area contributed by atoms with Crippen LogP contribution in [0.25, 0.3) is 16.7 Å². The van der Waals surface area contributed by atoms with E-state index in [2.05, 4.69) is 21.7 Å². The topological polar surface area (TPSA) is 38.1 Å². The summed E-state index contributed by atoms with van der Waals surface area (Å²) in [6, 6.07) is 16.0.